The molecule has 1 aromatic rings. The van der Waals surface area contributed by atoms with Crippen LogP contribution in [0.2, 0.25) is 0 Å². The highest BCUT2D eigenvalue weighted by molar-refractivity contribution is 6.31. The van der Waals surface area contributed by atoms with Gasteiger partial charge in [0.05, 0.1) is 10.8 Å². The Morgan fingerprint density at radius 1 is 1.08 bits per heavy atom. The first-order chi connectivity index (χ1) is 5.79. The second-order valence-electron chi connectivity index (χ2n) is 2.83. The van der Waals surface area contributed by atoms with Crippen LogP contribution >= 0.6 is 23.2 Å². The smallest absolute Gasteiger partial charge is 0.0790 e. The summed E-state index contributed by atoms with van der Waals surface area (Å²) in [4.78, 5) is 0. The van der Waals surface area contributed by atoms with Crippen molar-refractivity contribution in [3.8, 4) is 0 Å². The monoisotopic (exact) mass is 198 g/mol. The number of rotatable bonds is 0. The second-order valence-corrected chi connectivity index (χ2v) is 3.81. The van der Waals surface area contributed by atoms with E-state index in [2.05, 4.69) is 0 Å². The maximum Gasteiger partial charge on any atom is 0.0790 e. The van der Waals surface area contributed by atoms with E-state index in [1.807, 2.05) is 36.4 Å². The molecule has 2 rings (SSSR count). The SMILES string of the molecule is Cl[C@H]1C=Cc2ccccc2[C@@H]1Cl. The number of fused-ring (bicyclic) bond motifs is 1. The summed E-state index contributed by atoms with van der Waals surface area (Å²) < 4.78 is 0. The van der Waals surface area contributed by atoms with Crippen molar-refractivity contribution in [3.05, 3.63) is 41.5 Å². The summed E-state index contributed by atoms with van der Waals surface area (Å²) in [6.45, 7) is 0. The van der Waals surface area contributed by atoms with Gasteiger partial charge in [-0.3, -0.25) is 0 Å². The van der Waals surface area contributed by atoms with E-state index >= 15 is 0 Å². The molecule has 0 fully saturated rings. The Balaban J connectivity index is 2.52. The Bertz CT molecular complexity index is 317. The van der Waals surface area contributed by atoms with E-state index in [0.29, 0.717) is 0 Å². The highest BCUT2D eigenvalue weighted by Crippen LogP contribution is 2.35. The standard InChI is InChI=1S/C10H8Cl2/c11-9-6-5-7-3-1-2-4-8(7)10(9)12/h1-6,9-10H/t9-,10-/m0/s1. The molecular formula is C10H8Cl2. The van der Waals surface area contributed by atoms with Crippen LogP contribution in [0.3, 0.4) is 0 Å². The van der Waals surface area contributed by atoms with E-state index in [0.717, 1.165) is 5.56 Å². The molecule has 0 saturated carbocycles. The fourth-order valence-corrected chi connectivity index (χ4v) is 1.87. The minimum Gasteiger partial charge on any atom is -0.116 e. The van der Waals surface area contributed by atoms with Crippen molar-refractivity contribution >= 4 is 29.3 Å². The number of alkyl halides is 2. The fourth-order valence-electron chi connectivity index (χ4n) is 1.38. The maximum absolute atomic E-state index is 6.11. The number of benzene rings is 1. The average Bonchev–Trinajstić information content (AvgIpc) is 2.12. The van der Waals surface area contributed by atoms with Gasteiger partial charge in [-0.2, -0.15) is 0 Å². The van der Waals surface area contributed by atoms with Gasteiger partial charge in [-0.25, -0.2) is 0 Å². The van der Waals surface area contributed by atoms with Crippen LogP contribution in [0.25, 0.3) is 6.08 Å². The van der Waals surface area contributed by atoms with Crippen LogP contribution in [-0.2, 0) is 0 Å². The molecule has 0 radical (unpaired) electrons. The molecule has 0 saturated heterocycles. The van der Waals surface area contributed by atoms with E-state index in [1.165, 1.54) is 5.56 Å². The first-order valence-electron chi connectivity index (χ1n) is 3.84. The topological polar surface area (TPSA) is 0 Å². The number of allylic oxidation sites excluding steroid dienone is 1. The van der Waals surface area contributed by atoms with Gasteiger partial charge in [-0.05, 0) is 11.1 Å². The molecule has 0 heterocycles. The zero-order valence-corrected chi connectivity index (χ0v) is 7.89. The summed E-state index contributed by atoms with van der Waals surface area (Å²) in [6, 6.07) is 8.05. The summed E-state index contributed by atoms with van der Waals surface area (Å²) >= 11 is 12.1. The van der Waals surface area contributed by atoms with Crippen LogP contribution in [0, 0.1) is 0 Å². The van der Waals surface area contributed by atoms with Gasteiger partial charge in [-0.1, -0.05) is 36.4 Å². The molecule has 0 spiro atoms. The summed E-state index contributed by atoms with van der Waals surface area (Å²) in [6.07, 6.45) is 3.95. The van der Waals surface area contributed by atoms with Crippen LogP contribution in [0.4, 0.5) is 0 Å². The first kappa shape index (κ1) is 8.15. The van der Waals surface area contributed by atoms with Crippen molar-refractivity contribution in [3.63, 3.8) is 0 Å². The third kappa shape index (κ3) is 1.26. The van der Waals surface area contributed by atoms with Gasteiger partial charge in [0.1, 0.15) is 0 Å². The van der Waals surface area contributed by atoms with Crippen LogP contribution in [-0.4, -0.2) is 5.38 Å². The van der Waals surface area contributed by atoms with Gasteiger partial charge < -0.3 is 0 Å². The highest BCUT2D eigenvalue weighted by Gasteiger charge is 2.21. The largest absolute Gasteiger partial charge is 0.116 e. The Labute approximate surface area is 81.8 Å². The molecule has 12 heavy (non-hydrogen) atoms. The summed E-state index contributed by atoms with van der Waals surface area (Å²) in [5.74, 6) is 0. The fraction of sp³-hybridized carbons (Fsp3) is 0.200. The van der Waals surface area contributed by atoms with Crippen molar-refractivity contribution in [2.45, 2.75) is 10.8 Å². The Hall–Kier alpha value is -0.460. The van der Waals surface area contributed by atoms with Crippen molar-refractivity contribution in [1.29, 1.82) is 0 Å². The van der Waals surface area contributed by atoms with Gasteiger partial charge in [0.15, 0.2) is 0 Å². The summed E-state index contributed by atoms with van der Waals surface area (Å²) in [5, 5.41) is -0.172. The molecule has 0 amide bonds. The molecule has 62 valence electrons. The van der Waals surface area contributed by atoms with Crippen molar-refractivity contribution < 1.29 is 0 Å². The van der Waals surface area contributed by atoms with E-state index < -0.39 is 0 Å². The van der Waals surface area contributed by atoms with E-state index in [4.69, 9.17) is 23.2 Å². The molecule has 0 aromatic heterocycles. The average molecular weight is 199 g/mol. The molecule has 2 atom stereocenters. The first-order valence-corrected chi connectivity index (χ1v) is 4.71. The lowest BCUT2D eigenvalue weighted by Gasteiger charge is -2.19. The number of hydrogen-bond acceptors (Lipinski definition) is 0. The van der Waals surface area contributed by atoms with Crippen molar-refractivity contribution in [1.82, 2.24) is 0 Å². The van der Waals surface area contributed by atoms with Crippen LogP contribution in [0.15, 0.2) is 30.3 Å². The number of hydrogen-bond donors (Lipinski definition) is 0. The van der Waals surface area contributed by atoms with E-state index in [-0.39, 0.29) is 10.8 Å². The third-order valence-corrected chi connectivity index (χ3v) is 3.07. The van der Waals surface area contributed by atoms with E-state index in [9.17, 15) is 0 Å². The van der Waals surface area contributed by atoms with Gasteiger partial charge in [-0.15, -0.1) is 23.2 Å². The molecule has 0 nitrogen and oxygen atoms in total. The maximum atomic E-state index is 6.11. The minimum atomic E-state index is -0.0899. The van der Waals surface area contributed by atoms with Gasteiger partial charge in [0, 0.05) is 0 Å². The lowest BCUT2D eigenvalue weighted by molar-refractivity contribution is 0.950. The Kier molecular flexibility index (Phi) is 2.12. The zero-order valence-electron chi connectivity index (χ0n) is 6.37. The van der Waals surface area contributed by atoms with Gasteiger partial charge >= 0.3 is 0 Å². The van der Waals surface area contributed by atoms with Gasteiger partial charge in [0.25, 0.3) is 0 Å². The second kappa shape index (κ2) is 3.12. The molecule has 0 aliphatic heterocycles. The van der Waals surface area contributed by atoms with Gasteiger partial charge in [0.2, 0.25) is 0 Å². The molecule has 0 unspecified atom stereocenters. The number of halogens is 2. The highest BCUT2D eigenvalue weighted by atomic mass is 35.5. The summed E-state index contributed by atoms with van der Waals surface area (Å²) in [7, 11) is 0. The lowest BCUT2D eigenvalue weighted by Crippen LogP contribution is -2.09. The predicted molar refractivity (Wildman–Crippen MR) is 53.7 cm³/mol. The Morgan fingerprint density at radius 2 is 1.83 bits per heavy atom. The molecule has 0 N–H and O–H groups in total. The molecule has 1 aromatic carbocycles. The quantitative estimate of drug-likeness (QED) is 0.560. The molecule has 1 aliphatic carbocycles. The third-order valence-electron chi connectivity index (χ3n) is 2.03. The normalized spacial score (nSPS) is 26.8. The van der Waals surface area contributed by atoms with Crippen molar-refractivity contribution in [2.75, 3.05) is 0 Å². The molecule has 2 heteroatoms. The van der Waals surface area contributed by atoms with E-state index in [1.54, 1.807) is 0 Å². The Morgan fingerprint density at radius 3 is 2.67 bits per heavy atom. The summed E-state index contributed by atoms with van der Waals surface area (Å²) in [5.41, 5.74) is 2.30. The van der Waals surface area contributed by atoms with Crippen LogP contribution in [0.5, 0.6) is 0 Å². The molecular weight excluding hydrogens is 191 g/mol. The molecule has 0 bridgehead atoms. The zero-order chi connectivity index (χ0) is 8.55. The lowest BCUT2D eigenvalue weighted by atomic mass is 9.97. The van der Waals surface area contributed by atoms with Crippen molar-refractivity contribution in [2.24, 2.45) is 0 Å². The minimum absolute atomic E-state index is 0.0819. The van der Waals surface area contributed by atoms with Crippen LogP contribution in [0.1, 0.15) is 16.5 Å². The molecule has 1 aliphatic rings. The van der Waals surface area contributed by atoms with Crippen LogP contribution < -0.4 is 0 Å². The predicted octanol–water partition coefficient (Wildman–Crippen LogP) is 3.60.